The molecule has 10 heteroatoms. The Kier molecular flexibility index (Phi) is 6.22. The molecule has 2 aromatic carbocycles. The van der Waals surface area contributed by atoms with Gasteiger partial charge in [0, 0.05) is 35.5 Å². The lowest BCUT2D eigenvalue weighted by Crippen LogP contribution is -2.12. The zero-order chi connectivity index (χ0) is 23.8. The van der Waals surface area contributed by atoms with Gasteiger partial charge in [0.15, 0.2) is 0 Å². The third-order valence-corrected chi connectivity index (χ3v) is 7.26. The van der Waals surface area contributed by atoms with E-state index in [1.165, 1.54) is 28.5 Å². The van der Waals surface area contributed by atoms with E-state index < -0.39 is 21.8 Å². The Morgan fingerprint density at radius 2 is 1.88 bits per heavy atom. The maximum atomic E-state index is 13.3. The van der Waals surface area contributed by atoms with Gasteiger partial charge in [0.1, 0.15) is 4.90 Å². The van der Waals surface area contributed by atoms with Gasteiger partial charge in [0.05, 0.1) is 11.1 Å². The van der Waals surface area contributed by atoms with Gasteiger partial charge in [0.2, 0.25) is 0 Å². The number of benzene rings is 2. The van der Waals surface area contributed by atoms with Crippen molar-refractivity contribution in [3.8, 4) is 0 Å². The molecule has 0 atom stereocenters. The van der Waals surface area contributed by atoms with Crippen LogP contribution >= 0.6 is 11.6 Å². The monoisotopic (exact) mass is 493 g/mol. The highest BCUT2D eigenvalue weighted by molar-refractivity contribution is 7.90. The second-order valence-corrected chi connectivity index (χ2v) is 9.73. The van der Waals surface area contributed by atoms with Gasteiger partial charge in [-0.3, -0.25) is 4.98 Å². The van der Waals surface area contributed by atoms with Gasteiger partial charge >= 0.3 is 6.18 Å². The van der Waals surface area contributed by atoms with E-state index >= 15 is 0 Å². The molecule has 0 saturated carbocycles. The number of aromatic nitrogens is 2. The molecule has 2 aromatic heterocycles. The standard InChI is InChI=1S/C23H19ClF3N3O2S/c1-28-12-17-14-30(33(31,32)19-3-2-8-29-13-19)22-10-15(4-7-20(17)22)9-16-5-6-18(11-21(16)24)23(25,26)27/h2-8,10-11,13-14,28H,9,12H2,1H3. The SMILES string of the molecule is CNCc1cn(S(=O)(=O)c2cccnc2)c2cc(Cc3ccc(C(F)(F)F)cc3Cl)ccc12. The Hall–Kier alpha value is -2.88. The molecule has 0 bridgehead atoms. The van der Waals surface area contributed by atoms with E-state index in [-0.39, 0.29) is 16.3 Å². The van der Waals surface area contributed by atoms with Gasteiger partial charge < -0.3 is 5.32 Å². The van der Waals surface area contributed by atoms with Crippen molar-refractivity contribution in [2.45, 2.75) is 24.0 Å². The van der Waals surface area contributed by atoms with Crippen LogP contribution in [0.4, 0.5) is 13.2 Å². The highest BCUT2D eigenvalue weighted by Crippen LogP contribution is 2.33. The number of alkyl halides is 3. The van der Waals surface area contributed by atoms with Gasteiger partial charge in [-0.2, -0.15) is 13.2 Å². The minimum absolute atomic E-state index is 0.000780. The quantitative estimate of drug-likeness (QED) is 0.398. The van der Waals surface area contributed by atoms with Crippen LogP contribution in [-0.2, 0) is 29.2 Å². The average Bonchev–Trinajstić information content (AvgIpc) is 3.14. The molecule has 0 saturated heterocycles. The summed E-state index contributed by atoms with van der Waals surface area (Å²) < 4.78 is 66.6. The number of fused-ring (bicyclic) bond motifs is 1. The van der Waals surface area contributed by atoms with Crippen LogP contribution in [0.2, 0.25) is 5.02 Å². The normalized spacial score (nSPS) is 12.4. The number of nitrogens with one attached hydrogen (secondary N) is 1. The van der Waals surface area contributed by atoms with Crippen LogP contribution in [0.25, 0.3) is 10.9 Å². The largest absolute Gasteiger partial charge is 0.416 e. The van der Waals surface area contributed by atoms with E-state index in [0.29, 0.717) is 23.2 Å². The molecule has 0 aliphatic rings. The summed E-state index contributed by atoms with van der Waals surface area (Å²) in [7, 11) is -2.14. The fourth-order valence-electron chi connectivity index (χ4n) is 3.65. The Bertz CT molecular complexity index is 1420. The van der Waals surface area contributed by atoms with Crippen molar-refractivity contribution in [2.24, 2.45) is 0 Å². The van der Waals surface area contributed by atoms with Crippen molar-refractivity contribution in [1.82, 2.24) is 14.3 Å². The Balaban J connectivity index is 1.79. The number of pyridine rings is 1. The highest BCUT2D eigenvalue weighted by atomic mass is 35.5. The number of rotatable bonds is 6. The molecule has 0 radical (unpaired) electrons. The highest BCUT2D eigenvalue weighted by Gasteiger charge is 2.31. The second-order valence-electron chi connectivity index (χ2n) is 7.51. The molecule has 1 N–H and O–H groups in total. The van der Waals surface area contributed by atoms with Crippen molar-refractivity contribution in [1.29, 1.82) is 0 Å². The average molecular weight is 494 g/mol. The molecular formula is C23H19ClF3N3O2S. The van der Waals surface area contributed by atoms with E-state index in [1.54, 1.807) is 25.4 Å². The van der Waals surface area contributed by atoms with E-state index in [1.807, 2.05) is 12.1 Å². The number of hydrogen-bond acceptors (Lipinski definition) is 4. The van der Waals surface area contributed by atoms with Gasteiger partial charge in [-0.15, -0.1) is 0 Å². The van der Waals surface area contributed by atoms with Crippen LogP contribution in [0, 0.1) is 0 Å². The van der Waals surface area contributed by atoms with Crippen molar-refractivity contribution in [3.63, 3.8) is 0 Å². The van der Waals surface area contributed by atoms with E-state index in [2.05, 4.69) is 10.3 Å². The van der Waals surface area contributed by atoms with Crippen molar-refractivity contribution in [2.75, 3.05) is 7.05 Å². The molecule has 172 valence electrons. The molecule has 4 aromatic rings. The van der Waals surface area contributed by atoms with Gasteiger partial charge in [-0.05, 0) is 60.5 Å². The van der Waals surface area contributed by atoms with E-state index in [4.69, 9.17) is 11.6 Å². The number of halogens is 4. The summed E-state index contributed by atoms with van der Waals surface area (Å²) in [4.78, 5) is 3.96. The summed E-state index contributed by atoms with van der Waals surface area (Å²) in [6.07, 6.45) is 0.104. The summed E-state index contributed by atoms with van der Waals surface area (Å²) in [6.45, 7) is 0.455. The summed E-state index contributed by atoms with van der Waals surface area (Å²) in [6, 6.07) is 11.6. The second kappa shape index (κ2) is 8.81. The summed E-state index contributed by atoms with van der Waals surface area (Å²) in [5.74, 6) is 0. The van der Waals surface area contributed by atoms with Crippen LogP contribution in [0.1, 0.15) is 22.3 Å². The molecule has 0 unspecified atom stereocenters. The third kappa shape index (κ3) is 4.62. The Labute approximate surface area is 193 Å². The number of nitrogens with zero attached hydrogens (tertiary/aromatic N) is 2. The van der Waals surface area contributed by atoms with Gasteiger partial charge in [0.25, 0.3) is 10.0 Å². The lowest BCUT2D eigenvalue weighted by molar-refractivity contribution is -0.137. The lowest BCUT2D eigenvalue weighted by atomic mass is 10.0. The molecule has 0 spiro atoms. The van der Waals surface area contributed by atoms with Crippen molar-refractivity contribution in [3.05, 3.63) is 94.4 Å². The zero-order valence-electron chi connectivity index (χ0n) is 17.4. The maximum Gasteiger partial charge on any atom is 0.416 e. The summed E-state index contributed by atoms with van der Waals surface area (Å²) in [5, 5.41) is 3.78. The first kappa shape index (κ1) is 23.3. The minimum Gasteiger partial charge on any atom is -0.316 e. The molecule has 4 rings (SSSR count). The molecule has 0 fully saturated rings. The van der Waals surface area contributed by atoms with Gasteiger partial charge in [-0.25, -0.2) is 12.4 Å². The van der Waals surface area contributed by atoms with Crippen LogP contribution in [0.3, 0.4) is 0 Å². The van der Waals surface area contributed by atoms with Crippen LogP contribution in [-0.4, -0.2) is 24.4 Å². The maximum absolute atomic E-state index is 13.3. The number of hydrogen-bond donors (Lipinski definition) is 1. The molecule has 0 aliphatic carbocycles. The third-order valence-electron chi connectivity index (χ3n) is 5.25. The fraction of sp³-hybridized carbons (Fsp3) is 0.174. The molecule has 0 amide bonds. The van der Waals surface area contributed by atoms with Gasteiger partial charge in [-0.1, -0.05) is 29.8 Å². The predicted octanol–water partition coefficient (Wildman–Crippen LogP) is 5.26. The van der Waals surface area contributed by atoms with E-state index in [0.717, 1.165) is 23.1 Å². The lowest BCUT2D eigenvalue weighted by Gasteiger charge is -2.11. The topological polar surface area (TPSA) is 64.0 Å². The first-order valence-electron chi connectivity index (χ1n) is 9.90. The van der Waals surface area contributed by atoms with Crippen molar-refractivity contribution < 1.29 is 21.6 Å². The summed E-state index contributed by atoms with van der Waals surface area (Å²) in [5.41, 5.74) is 1.65. The minimum atomic E-state index is -4.48. The van der Waals surface area contributed by atoms with Crippen molar-refractivity contribution >= 4 is 32.5 Å². The Morgan fingerprint density at radius 3 is 2.52 bits per heavy atom. The van der Waals surface area contributed by atoms with Crippen LogP contribution in [0.15, 0.2) is 72.0 Å². The molecule has 5 nitrogen and oxygen atoms in total. The Morgan fingerprint density at radius 1 is 1.09 bits per heavy atom. The summed E-state index contributed by atoms with van der Waals surface area (Å²) >= 11 is 6.12. The predicted molar refractivity (Wildman–Crippen MR) is 121 cm³/mol. The molecule has 33 heavy (non-hydrogen) atoms. The molecule has 2 heterocycles. The van der Waals surface area contributed by atoms with Crippen LogP contribution in [0.5, 0.6) is 0 Å². The van der Waals surface area contributed by atoms with Crippen LogP contribution < -0.4 is 5.32 Å². The van der Waals surface area contributed by atoms with E-state index in [9.17, 15) is 21.6 Å². The molecular weight excluding hydrogens is 475 g/mol. The first-order chi connectivity index (χ1) is 15.6. The smallest absolute Gasteiger partial charge is 0.316 e. The zero-order valence-corrected chi connectivity index (χ0v) is 19.0. The molecule has 0 aliphatic heterocycles. The fourth-order valence-corrected chi connectivity index (χ4v) is 5.25. The first-order valence-corrected chi connectivity index (χ1v) is 11.7.